The predicted molar refractivity (Wildman–Crippen MR) is 90.2 cm³/mol. The van der Waals surface area contributed by atoms with E-state index in [1.54, 1.807) is 0 Å². The Bertz CT molecular complexity index is 396. The van der Waals surface area contributed by atoms with Crippen molar-refractivity contribution in [2.75, 3.05) is 26.2 Å². The molecule has 1 aliphatic heterocycles. The largest absolute Gasteiger partial charge is 0.493 e. The van der Waals surface area contributed by atoms with Gasteiger partial charge in [0, 0.05) is 6.54 Å². The van der Waals surface area contributed by atoms with Crippen LogP contribution in [0.5, 0.6) is 5.75 Å². The second-order valence-electron chi connectivity index (χ2n) is 6.30. The van der Waals surface area contributed by atoms with Gasteiger partial charge in [-0.2, -0.15) is 0 Å². The molecule has 2 rings (SSSR count). The van der Waals surface area contributed by atoms with Crippen molar-refractivity contribution in [3.8, 4) is 5.75 Å². The van der Waals surface area contributed by atoms with Crippen LogP contribution in [0.3, 0.4) is 0 Å². The first-order valence-electron chi connectivity index (χ1n) is 8.75. The van der Waals surface area contributed by atoms with Gasteiger partial charge in [0.2, 0.25) is 0 Å². The van der Waals surface area contributed by atoms with Crippen LogP contribution >= 0.6 is 0 Å². The minimum Gasteiger partial charge on any atom is -0.493 e. The van der Waals surface area contributed by atoms with Crippen molar-refractivity contribution in [1.82, 2.24) is 4.90 Å². The van der Waals surface area contributed by atoms with Crippen LogP contribution in [0.15, 0.2) is 24.3 Å². The molecule has 0 saturated carbocycles. The fraction of sp³-hybridized carbons (Fsp3) is 0.684. The maximum absolute atomic E-state index is 6.06. The van der Waals surface area contributed by atoms with Crippen LogP contribution < -0.4 is 4.74 Å². The van der Waals surface area contributed by atoms with Crippen LogP contribution in [0.2, 0.25) is 0 Å². The Kier molecular flexibility index (Phi) is 7.08. The molecule has 0 aliphatic carbocycles. The van der Waals surface area contributed by atoms with Crippen LogP contribution in [0, 0.1) is 0 Å². The minimum atomic E-state index is 0.576. The fourth-order valence-electron chi connectivity index (χ4n) is 3.07. The van der Waals surface area contributed by atoms with Crippen LogP contribution in [0.4, 0.5) is 0 Å². The first kappa shape index (κ1) is 16.4. The topological polar surface area (TPSA) is 12.5 Å². The number of ether oxygens (including phenoxy) is 1. The van der Waals surface area contributed by atoms with Gasteiger partial charge in [-0.3, -0.25) is 0 Å². The third kappa shape index (κ3) is 5.35. The lowest BCUT2D eigenvalue weighted by Crippen LogP contribution is -2.26. The number of hydrogen-bond donors (Lipinski definition) is 0. The van der Waals surface area contributed by atoms with Crippen molar-refractivity contribution in [3.63, 3.8) is 0 Å². The van der Waals surface area contributed by atoms with Gasteiger partial charge in [0.15, 0.2) is 0 Å². The molecule has 118 valence electrons. The zero-order valence-corrected chi connectivity index (χ0v) is 13.8. The van der Waals surface area contributed by atoms with E-state index in [2.05, 4.69) is 43.0 Å². The molecule has 1 atom stereocenters. The zero-order chi connectivity index (χ0) is 14.9. The van der Waals surface area contributed by atoms with E-state index in [0.717, 1.165) is 25.2 Å². The van der Waals surface area contributed by atoms with Gasteiger partial charge >= 0.3 is 0 Å². The Balaban J connectivity index is 1.75. The Labute approximate surface area is 130 Å². The number of rotatable bonds is 7. The predicted octanol–water partition coefficient (Wildman–Crippen LogP) is 4.85. The van der Waals surface area contributed by atoms with Crippen LogP contribution in [-0.4, -0.2) is 31.1 Å². The smallest absolute Gasteiger partial charge is 0.122 e. The molecule has 2 nitrogen and oxygen atoms in total. The van der Waals surface area contributed by atoms with E-state index in [9.17, 15) is 0 Å². The molecule has 1 aliphatic rings. The molecule has 0 N–H and O–H groups in total. The standard InChI is InChI=1S/C19H31NO/c1-3-17(2)18-11-6-7-12-19(18)21-16-10-15-20-13-8-4-5-9-14-20/h6-7,11-12,17H,3-5,8-10,13-16H2,1-2H3. The fourth-order valence-corrected chi connectivity index (χ4v) is 3.07. The Morgan fingerprint density at radius 3 is 2.52 bits per heavy atom. The van der Waals surface area contributed by atoms with Gasteiger partial charge in [-0.15, -0.1) is 0 Å². The van der Waals surface area contributed by atoms with Gasteiger partial charge < -0.3 is 9.64 Å². The van der Waals surface area contributed by atoms with Crippen molar-refractivity contribution in [3.05, 3.63) is 29.8 Å². The summed E-state index contributed by atoms with van der Waals surface area (Å²) in [7, 11) is 0. The van der Waals surface area contributed by atoms with Gasteiger partial charge in [0.25, 0.3) is 0 Å². The van der Waals surface area contributed by atoms with Gasteiger partial charge in [-0.05, 0) is 56.3 Å². The summed E-state index contributed by atoms with van der Waals surface area (Å²) in [6.07, 6.45) is 7.86. The van der Waals surface area contributed by atoms with Crippen molar-refractivity contribution in [2.24, 2.45) is 0 Å². The molecule has 0 amide bonds. The zero-order valence-electron chi connectivity index (χ0n) is 13.8. The van der Waals surface area contributed by atoms with E-state index in [1.165, 1.54) is 50.9 Å². The normalized spacial score (nSPS) is 18.2. The van der Waals surface area contributed by atoms with Crippen molar-refractivity contribution < 1.29 is 4.74 Å². The maximum atomic E-state index is 6.06. The first-order chi connectivity index (χ1) is 10.3. The summed E-state index contributed by atoms with van der Waals surface area (Å²) in [5.74, 6) is 1.66. The molecule has 1 unspecified atom stereocenters. The lowest BCUT2D eigenvalue weighted by atomic mass is 9.98. The second-order valence-corrected chi connectivity index (χ2v) is 6.30. The molecule has 1 saturated heterocycles. The molecular weight excluding hydrogens is 258 g/mol. The molecule has 1 aromatic carbocycles. The number of nitrogens with zero attached hydrogens (tertiary/aromatic N) is 1. The molecule has 0 bridgehead atoms. The summed E-state index contributed by atoms with van der Waals surface area (Å²) in [6.45, 7) is 9.10. The van der Waals surface area contributed by atoms with E-state index < -0.39 is 0 Å². The number of para-hydroxylation sites is 1. The van der Waals surface area contributed by atoms with Crippen molar-refractivity contribution in [1.29, 1.82) is 0 Å². The molecule has 1 fully saturated rings. The highest BCUT2D eigenvalue weighted by Gasteiger charge is 2.10. The molecule has 1 heterocycles. The van der Waals surface area contributed by atoms with E-state index in [0.29, 0.717) is 5.92 Å². The molecular formula is C19H31NO. The van der Waals surface area contributed by atoms with Crippen LogP contribution in [0.1, 0.15) is 63.9 Å². The minimum absolute atomic E-state index is 0.576. The number of hydrogen-bond acceptors (Lipinski definition) is 2. The van der Waals surface area contributed by atoms with E-state index in [1.807, 2.05) is 0 Å². The van der Waals surface area contributed by atoms with Crippen molar-refractivity contribution >= 4 is 0 Å². The third-order valence-corrected chi connectivity index (χ3v) is 4.64. The Morgan fingerprint density at radius 2 is 1.81 bits per heavy atom. The SMILES string of the molecule is CCC(C)c1ccccc1OCCCN1CCCCCC1. The third-order valence-electron chi connectivity index (χ3n) is 4.64. The molecule has 0 spiro atoms. The van der Waals surface area contributed by atoms with Crippen LogP contribution in [0.25, 0.3) is 0 Å². The van der Waals surface area contributed by atoms with Gasteiger partial charge in [-0.25, -0.2) is 0 Å². The van der Waals surface area contributed by atoms with Crippen LogP contribution in [-0.2, 0) is 0 Å². The lowest BCUT2D eigenvalue weighted by Gasteiger charge is -2.20. The highest BCUT2D eigenvalue weighted by atomic mass is 16.5. The molecule has 21 heavy (non-hydrogen) atoms. The summed E-state index contributed by atoms with van der Waals surface area (Å²) in [5, 5.41) is 0. The monoisotopic (exact) mass is 289 g/mol. The molecule has 2 heteroatoms. The van der Waals surface area contributed by atoms with E-state index >= 15 is 0 Å². The highest BCUT2D eigenvalue weighted by Crippen LogP contribution is 2.28. The van der Waals surface area contributed by atoms with E-state index in [-0.39, 0.29) is 0 Å². The van der Waals surface area contributed by atoms with Gasteiger partial charge in [-0.1, -0.05) is 44.9 Å². The average Bonchev–Trinajstić information content (AvgIpc) is 2.80. The summed E-state index contributed by atoms with van der Waals surface area (Å²) in [6, 6.07) is 8.52. The van der Waals surface area contributed by atoms with Crippen molar-refractivity contribution in [2.45, 2.75) is 58.3 Å². The summed E-state index contributed by atoms with van der Waals surface area (Å²) < 4.78 is 6.06. The molecule has 0 aromatic heterocycles. The summed E-state index contributed by atoms with van der Waals surface area (Å²) >= 11 is 0. The number of likely N-dealkylation sites (tertiary alicyclic amines) is 1. The Morgan fingerprint density at radius 1 is 1.10 bits per heavy atom. The molecule has 1 aromatic rings. The van der Waals surface area contributed by atoms with E-state index in [4.69, 9.17) is 4.74 Å². The quantitative estimate of drug-likeness (QED) is 0.666. The summed E-state index contributed by atoms with van der Waals surface area (Å²) in [4.78, 5) is 2.61. The van der Waals surface area contributed by atoms with Gasteiger partial charge in [0.1, 0.15) is 5.75 Å². The Hall–Kier alpha value is -1.02. The average molecular weight is 289 g/mol. The summed E-state index contributed by atoms with van der Waals surface area (Å²) in [5.41, 5.74) is 1.36. The lowest BCUT2D eigenvalue weighted by molar-refractivity contribution is 0.238. The maximum Gasteiger partial charge on any atom is 0.122 e. The highest BCUT2D eigenvalue weighted by molar-refractivity contribution is 5.35. The first-order valence-corrected chi connectivity index (χ1v) is 8.75. The number of benzene rings is 1. The second kappa shape index (κ2) is 9.09. The van der Waals surface area contributed by atoms with Gasteiger partial charge in [0.05, 0.1) is 6.61 Å². The molecule has 0 radical (unpaired) electrons.